The van der Waals surface area contributed by atoms with Gasteiger partial charge in [-0.3, -0.25) is 9.35 Å². The first-order valence-corrected chi connectivity index (χ1v) is 4.35. The Balaban J connectivity index is 4.27. The van der Waals surface area contributed by atoms with Crippen LogP contribution in [0.15, 0.2) is 11.6 Å². The molecule has 0 bridgehead atoms. The largest absolute Gasteiger partial charge is 0.366 e. The smallest absolute Gasteiger partial charge is 0.268 e. The SMILES string of the molecule is CC(=CCS(=O)(=O)O)C(N)=O. The maximum Gasteiger partial charge on any atom is 0.268 e. The van der Waals surface area contributed by atoms with E-state index < -0.39 is 21.8 Å². The van der Waals surface area contributed by atoms with Gasteiger partial charge in [-0.15, -0.1) is 0 Å². The van der Waals surface area contributed by atoms with Crippen LogP contribution < -0.4 is 5.73 Å². The predicted octanol–water partition coefficient (Wildman–Crippen LogP) is -0.694. The summed E-state index contributed by atoms with van der Waals surface area (Å²) in [5.41, 5.74) is 4.90. The zero-order valence-corrected chi connectivity index (χ0v) is 6.76. The molecule has 0 heterocycles. The molecule has 64 valence electrons. The first-order chi connectivity index (χ1) is 4.83. The third-order valence-corrected chi connectivity index (χ3v) is 1.58. The van der Waals surface area contributed by atoms with Gasteiger partial charge in [0.15, 0.2) is 0 Å². The molecule has 0 fully saturated rings. The monoisotopic (exact) mass is 179 g/mol. The highest BCUT2D eigenvalue weighted by atomic mass is 32.2. The van der Waals surface area contributed by atoms with Crippen molar-refractivity contribution in [3.05, 3.63) is 11.6 Å². The second-order valence-electron chi connectivity index (χ2n) is 2.00. The molecule has 0 aromatic carbocycles. The summed E-state index contributed by atoms with van der Waals surface area (Å²) >= 11 is 0. The van der Waals surface area contributed by atoms with Crippen molar-refractivity contribution in [2.24, 2.45) is 5.73 Å². The van der Waals surface area contributed by atoms with E-state index in [4.69, 9.17) is 10.3 Å². The number of primary amides is 1. The van der Waals surface area contributed by atoms with Crippen LogP contribution in [0, 0.1) is 0 Å². The quantitative estimate of drug-likeness (QED) is 0.442. The van der Waals surface area contributed by atoms with E-state index in [1.165, 1.54) is 6.92 Å². The molecule has 0 radical (unpaired) electrons. The van der Waals surface area contributed by atoms with Crippen LogP contribution in [0.5, 0.6) is 0 Å². The molecule has 5 nitrogen and oxygen atoms in total. The van der Waals surface area contributed by atoms with Crippen molar-refractivity contribution in [1.82, 2.24) is 0 Å². The fourth-order valence-electron chi connectivity index (χ4n) is 0.331. The molecule has 0 rings (SSSR count). The Bertz CT molecular complexity index is 277. The van der Waals surface area contributed by atoms with Gasteiger partial charge < -0.3 is 5.73 Å². The first-order valence-electron chi connectivity index (χ1n) is 2.74. The standard InChI is InChI=1S/C5H9NO4S/c1-4(5(6)7)2-3-11(8,9)10/h2H,3H2,1H3,(H2,6,7)(H,8,9,10). The van der Waals surface area contributed by atoms with Gasteiger partial charge in [-0.2, -0.15) is 8.42 Å². The zero-order chi connectivity index (χ0) is 9.07. The van der Waals surface area contributed by atoms with Crippen LogP contribution in [0.2, 0.25) is 0 Å². The van der Waals surface area contributed by atoms with Crippen LogP contribution in [-0.4, -0.2) is 24.6 Å². The summed E-state index contributed by atoms with van der Waals surface area (Å²) in [5.74, 6) is -1.28. The second kappa shape index (κ2) is 3.49. The molecular formula is C5H9NO4S. The minimum Gasteiger partial charge on any atom is -0.366 e. The third-order valence-electron chi connectivity index (χ3n) is 0.989. The number of carbonyl (C=O) groups is 1. The molecule has 1 amide bonds. The summed E-state index contributed by atoms with van der Waals surface area (Å²) in [6.45, 7) is 1.37. The predicted molar refractivity (Wildman–Crippen MR) is 39.4 cm³/mol. The Morgan fingerprint density at radius 2 is 2.09 bits per heavy atom. The van der Waals surface area contributed by atoms with E-state index in [-0.39, 0.29) is 5.57 Å². The summed E-state index contributed by atoms with van der Waals surface area (Å²) in [5, 5.41) is 0. The van der Waals surface area contributed by atoms with Gasteiger partial charge in [0.25, 0.3) is 10.1 Å². The Kier molecular flexibility index (Phi) is 3.21. The summed E-state index contributed by atoms with van der Waals surface area (Å²) in [4.78, 5) is 10.3. The fraction of sp³-hybridized carbons (Fsp3) is 0.400. The molecule has 0 atom stereocenters. The molecule has 0 spiro atoms. The molecule has 0 aromatic rings. The van der Waals surface area contributed by atoms with Gasteiger partial charge in [0.1, 0.15) is 0 Å². The molecule has 0 aliphatic heterocycles. The molecule has 3 N–H and O–H groups in total. The van der Waals surface area contributed by atoms with Gasteiger partial charge >= 0.3 is 0 Å². The summed E-state index contributed by atoms with van der Waals surface area (Å²) in [6.07, 6.45) is 1.05. The van der Waals surface area contributed by atoms with E-state index in [1.807, 2.05) is 0 Å². The zero-order valence-electron chi connectivity index (χ0n) is 5.94. The van der Waals surface area contributed by atoms with Crippen LogP contribution in [-0.2, 0) is 14.9 Å². The fourth-order valence-corrected chi connectivity index (χ4v) is 0.792. The average Bonchev–Trinajstić information content (AvgIpc) is 1.80. The summed E-state index contributed by atoms with van der Waals surface area (Å²) < 4.78 is 28.5. The lowest BCUT2D eigenvalue weighted by molar-refractivity contribution is -0.114. The van der Waals surface area contributed by atoms with E-state index in [9.17, 15) is 13.2 Å². The molecule has 6 heteroatoms. The van der Waals surface area contributed by atoms with E-state index in [2.05, 4.69) is 0 Å². The highest BCUT2D eigenvalue weighted by Crippen LogP contribution is 1.92. The normalized spacial score (nSPS) is 13.1. The van der Waals surface area contributed by atoms with Gasteiger partial charge in [-0.25, -0.2) is 0 Å². The maximum atomic E-state index is 10.3. The Labute approximate surface area is 64.6 Å². The number of hydrogen-bond acceptors (Lipinski definition) is 3. The number of nitrogens with two attached hydrogens (primary N) is 1. The van der Waals surface area contributed by atoms with Crippen LogP contribution in [0.3, 0.4) is 0 Å². The third kappa shape index (κ3) is 5.56. The van der Waals surface area contributed by atoms with E-state index in [1.54, 1.807) is 0 Å². The molecular weight excluding hydrogens is 170 g/mol. The molecule has 0 aliphatic rings. The minimum absolute atomic E-state index is 0.114. The second-order valence-corrected chi connectivity index (χ2v) is 3.50. The van der Waals surface area contributed by atoms with Crippen LogP contribution in [0.25, 0.3) is 0 Å². The van der Waals surface area contributed by atoms with Gasteiger partial charge in [0.2, 0.25) is 5.91 Å². The number of hydrogen-bond donors (Lipinski definition) is 2. The van der Waals surface area contributed by atoms with Crippen molar-refractivity contribution < 1.29 is 17.8 Å². The maximum absolute atomic E-state index is 10.3. The molecule has 0 aliphatic carbocycles. The topological polar surface area (TPSA) is 97.5 Å². The van der Waals surface area contributed by atoms with Crippen molar-refractivity contribution in [2.45, 2.75) is 6.92 Å². The highest BCUT2D eigenvalue weighted by molar-refractivity contribution is 7.85. The van der Waals surface area contributed by atoms with Crippen molar-refractivity contribution >= 4 is 16.0 Å². The lowest BCUT2D eigenvalue weighted by atomic mass is 10.3. The highest BCUT2D eigenvalue weighted by Gasteiger charge is 2.02. The lowest BCUT2D eigenvalue weighted by Crippen LogP contribution is -2.13. The van der Waals surface area contributed by atoms with Crippen LogP contribution in [0.4, 0.5) is 0 Å². The number of amides is 1. The minimum atomic E-state index is -4.04. The lowest BCUT2D eigenvalue weighted by Gasteiger charge is -1.92. The van der Waals surface area contributed by atoms with E-state index in [0.29, 0.717) is 0 Å². The van der Waals surface area contributed by atoms with Crippen LogP contribution >= 0.6 is 0 Å². The molecule has 0 aromatic heterocycles. The average molecular weight is 179 g/mol. The molecule has 11 heavy (non-hydrogen) atoms. The summed E-state index contributed by atoms with van der Waals surface area (Å²) in [7, 11) is -4.04. The Morgan fingerprint density at radius 1 is 1.64 bits per heavy atom. The first kappa shape index (κ1) is 10.1. The van der Waals surface area contributed by atoms with Crippen molar-refractivity contribution in [3.63, 3.8) is 0 Å². The Morgan fingerprint density at radius 3 is 2.36 bits per heavy atom. The summed E-state index contributed by atoms with van der Waals surface area (Å²) in [6, 6.07) is 0. The number of carbonyl (C=O) groups excluding carboxylic acids is 1. The van der Waals surface area contributed by atoms with Crippen molar-refractivity contribution in [3.8, 4) is 0 Å². The van der Waals surface area contributed by atoms with E-state index in [0.717, 1.165) is 6.08 Å². The number of rotatable bonds is 3. The van der Waals surface area contributed by atoms with Crippen molar-refractivity contribution in [2.75, 3.05) is 5.75 Å². The van der Waals surface area contributed by atoms with Crippen LogP contribution in [0.1, 0.15) is 6.92 Å². The van der Waals surface area contributed by atoms with Crippen molar-refractivity contribution in [1.29, 1.82) is 0 Å². The van der Waals surface area contributed by atoms with Gasteiger partial charge in [0, 0.05) is 5.57 Å². The molecule has 0 unspecified atom stereocenters. The Hall–Kier alpha value is -0.880. The van der Waals surface area contributed by atoms with E-state index >= 15 is 0 Å². The molecule has 0 saturated heterocycles. The van der Waals surface area contributed by atoms with Gasteiger partial charge in [-0.1, -0.05) is 6.08 Å². The van der Waals surface area contributed by atoms with Gasteiger partial charge in [-0.05, 0) is 6.92 Å². The molecule has 0 saturated carbocycles. The van der Waals surface area contributed by atoms with Gasteiger partial charge in [0.05, 0.1) is 5.75 Å².